The maximum atomic E-state index is 11.5. The number of thioether (sulfide) groups is 1. The lowest BCUT2D eigenvalue weighted by atomic mass is 10.2. The van der Waals surface area contributed by atoms with Gasteiger partial charge >= 0.3 is 0 Å². The Morgan fingerprint density at radius 2 is 2.00 bits per heavy atom. The molecule has 6 heteroatoms. The van der Waals surface area contributed by atoms with Crippen molar-refractivity contribution in [2.45, 2.75) is 24.3 Å². The molecule has 1 unspecified atom stereocenters. The van der Waals surface area contributed by atoms with E-state index in [-0.39, 0.29) is 11.0 Å². The van der Waals surface area contributed by atoms with Gasteiger partial charge in [0.25, 0.3) is 0 Å². The molecular weight excluding hydrogens is 260 g/mol. The zero-order chi connectivity index (χ0) is 13.4. The number of Topliss-reactive ketones (excluding diaryl/α,β-unsaturated/α-hetero) is 1. The summed E-state index contributed by atoms with van der Waals surface area (Å²) < 4.78 is 1.70. The van der Waals surface area contributed by atoms with Crippen LogP contribution >= 0.6 is 11.8 Å². The molecule has 1 aromatic carbocycles. The Kier molecular flexibility index (Phi) is 2.94. The molecule has 5 nitrogen and oxygen atoms in total. The summed E-state index contributed by atoms with van der Waals surface area (Å²) in [6.07, 6.45) is 0. The van der Waals surface area contributed by atoms with E-state index in [0.717, 1.165) is 11.3 Å². The number of benzene rings is 1. The lowest BCUT2D eigenvalue weighted by molar-refractivity contribution is -0.115. The van der Waals surface area contributed by atoms with Crippen molar-refractivity contribution in [2.24, 2.45) is 5.10 Å². The summed E-state index contributed by atoms with van der Waals surface area (Å²) in [5.74, 6) is 0.784. The zero-order valence-corrected chi connectivity index (χ0v) is 11.4. The second-order valence-electron chi connectivity index (χ2n) is 4.33. The SMILES string of the molecule is CC(=O)C1Sc2nnc(-c3ccccc3)n2N=C1C. The molecule has 2 heterocycles. The Balaban J connectivity index is 2.07. The molecule has 0 bridgehead atoms. The number of rotatable bonds is 2. The first-order valence-electron chi connectivity index (χ1n) is 5.90. The van der Waals surface area contributed by atoms with Crippen molar-refractivity contribution in [2.75, 3.05) is 0 Å². The second-order valence-corrected chi connectivity index (χ2v) is 5.41. The molecule has 19 heavy (non-hydrogen) atoms. The van der Waals surface area contributed by atoms with Gasteiger partial charge in [-0.05, 0) is 13.8 Å². The van der Waals surface area contributed by atoms with Gasteiger partial charge in [0, 0.05) is 5.56 Å². The molecule has 96 valence electrons. The molecule has 1 aliphatic rings. The molecule has 0 aliphatic carbocycles. The van der Waals surface area contributed by atoms with E-state index >= 15 is 0 Å². The molecule has 0 spiro atoms. The van der Waals surface area contributed by atoms with Crippen LogP contribution in [-0.2, 0) is 4.79 Å². The molecule has 0 radical (unpaired) electrons. The molecule has 1 aliphatic heterocycles. The Hall–Kier alpha value is -1.95. The summed E-state index contributed by atoms with van der Waals surface area (Å²) in [7, 11) is 0. The number of aromatic nitrogens is 3. The van der Waals surface area contributed by atoms with Crippen LogP contribution in [0.1, 0.15) is 13.8 Å². The molecule has 3 rings (SSSR count). The highest BCUT2D eigenvalue weighted by Gasteiger charge is 2.28. The second kappa shape index (κ2) is 4.62. The Labute approximate surface area is 114 Å². The first-order chi connectivity index (χ1) is 9.16. The van der Waals surface area contributed by atoms with Crippen LogP contribution in [0, 0.1) is 0 Å². The predicted molar refractivity (Wildman–Crippen MR) is 74.3 cm³/mol. The Morgan fingerprint density at radius 3 is 2.68 bits per heavy atom. The Morgan fingerprint density at radius 1 is 1.26 bits per heavy atom. The van der Waals surface area contributed by atoms with Crippen molar-refractivity contribution in [3.63, 3.8) is 0 Å². The van der Waals surface area contributed by atoms with Crippen molar-refractivity contribution in [3.8, 4) is 11.4 Å². The molecule has 0 fully saturated rings. The van der Waals surface area contributed by atoms with Crippen LogP contribution in [0.5, 0.6) is 0 Å². The van der Waals surface area contributed by atoms with Crippen molar-refractivity contribution in [3.05, 3.63) is 30.3 Å². The maximum absolute atomic E-state index is 11.5. The minimum atomic E-state index is -0.250. The standard InChI is InChI=1S/C13H12N4OS/c1-8-11(9(2)18)19-13-15-14-12(17(13)16-8)10-6-4-3-5-7-10/h3-7,11H,1-2H3. The summed E-state index contributed by atoms with van der Waals surface area (Å²) in [6.45, 7) is 3.43. The van der Waals surface area contributed by atoms with Crippen molar-refractivity contribution in [1.82, 2.24) is 14.9 Å². The van der Waals surface area contributed by atoms with E-state index in [1.165, 1.54) is 11.8 Å². The highest BCUT2D eigenvalue weighted by atomic mass is 32.2. The third kappa shape index (κ3) is 2.08. The van der Waals surface area contributed by atoms with Crippen LogP contribution in [0.15, 0.2) is 40.6 Å². The minimum absolute atomic E-state index is 0.0850. The molecular formula is C13H12N4OS. The number of carbonyl (C=O) groups excluding carboxylic acids is 1. The number of hydrogen-bond donors (Lipinski definition) is 0. The third-order valence-corrected chi connectivity index (χ3v) is 4.25. The molecule has 1 atom stereocenters. The zero-order valence-electron chi connectivity index (χ0n) is 10.6. The molecule has 2 aromatic rings. The highest BCUT2D eigenvalue weighted by molar-refractivity contribution is 8.01. The quantitative estimate of drug-likeness (QED) is 0.841. The third-order valence-electron chi connectivity index (χ3n) is 2.87. The molecule has 0 saturated heterocycles. The average molecular weight is 272 g/mol. The normalized spacial score (nSPS) is 17.8. The van der Waals surface area contributed by atoms with Crippen LogP contribution in [0.2, 0.25) is 0 Å². The van der Waals surface area contributed by atoms with E-state index in [1.807, 2.05) is 37.3 Å². The van der Waals surface area contributed by atoms with Crippen molar-refractivity contribution < 1.29 is 4.79 Å². The van der Waals surface area contributed by atoms with Gasteiger partial charge in [-0.25, -0.2) is 0 Å². The lowest BCUT2D eigenvalue weighted by Gasteiger charge is -2.18. The smallest absolute Gasteiger partial charge is 0.213 e. The van der Waals surface area contributed by atoms with Crippen LogP contribution in [0.25, 0.3) is 11.4 Å². The van der Waals surface area contributed by atoms with Gasteiger partial charge in [0.15, 0.2) is 5.82 Å². The summed E-state index contributed by atoms with van der Waals surface area (Å²) in [4.78, 5) is 11.5. The monoisotopic (exact) mass is 272 g/mol. The molecule has 0 saturated carbocycles. The first-order valence-corrected chi connectivity index (χ1v) is 6.78. The fourth-order valence-electron chi connectivity index (χ4n) is 1.97. The van der Waals surface area contributed by atoms with Crippen LogP contribution in [0.3, 0.4) is 0 Å². The van der Waals surface area contributed by atoms with Crippen LogP contribution < -0.4 is 0 Å². The van der Waals surface area contributed by atoms with Crippen LogP contribution in [0.4, 0.5) is 0 Å². The van der Waals surface area contributed by atoms with Gasteiger partial charge in [0.1, 0.15) is 11.0 Å². The van der Waals surface area contributed by atoms with E-state index in [1.54, 1.807) is 11.6 Å². The van der Waals surface area contributed by atoms with Gasteiger partial charge in [-0.15, -0.1) is 10.2 Å². The summed E-state index contributed by atoms with van der Waals surface area (Å²) >= 11 is 1.40. The number of carbonyl (C=O) groups is 1. The average Bonchev–Trinajstić information content (AvgIpc) is 2.81. The first kappa shape index (κ1) is 12.1. The number of fused-ring (bicyclic) bond motifs is 1. The van der Waals surface area contributed by atoms with Gasteiger partial charge in [0.2, 0.25) is 5.16 Å². The minimum Gasteiger partial charge on any atom is -0.298 e. The van der Waals surface area contributed by atoms with Gasteiger partial charge in [0.05, 0.1) is 5.71 Å². The summed E-state index contributed by atoms with van der Waals surface area (Å²) in [5.41, 5.74) is 1.74. The lowest BCUT2D eigenvalue weighted by Crippen LogP contribution is -2.27. The molecule has 0 amide bonds. The van der Waals surface area contributed by atoms with E-state index < -0.39 is 0 Å². The van der Waals surface area contributed by atoms with Gasteiger partial charge < -0.3 is 0 Å². The molecule has 0 N–H and O–H groups in total. The fourth-order valence-corrected chi connectivity index (χ4v) is 2.88. The van der Waals surface area contributed by atoms with Gasteiger partial charge in [-0.1, -0.05) is 42.1 Å². The van der Waals surface area contributed by atoms with Crippen LogP contribution in [-0.4, -0.2) is 31.6 Å². The summed E-state index contributed by atoms with van der Waals surface area (Å²) in [6, 6.07) is 9.77. The predicted octanol–water partition coefficient (Wildman–Crippen LogP) is 2.23. The highest BCUT2D eigenvalue weighted by Crippen LogP contribution is 2.31. The number of ketones is 1. The number of nitrogens with zero attached hydrogens (tertiary/aromatic N) is 4. The summed E-state index contributed by atoms with van der Waals surface area (Å²) in [5, 5.41) is 13.1. The van der Waals surface area contributed by atoms with Crippen molar-refractivity contribution >= 4 is 23.3 Å². The Bertz CT molecular complexity index is 663. The maximum Gasteiger partial charge on any atom is 0.213 e. The fraction of sp³-hybridized carbons (Fsp3) is 0.231. The topological polar surface area (TPSA) is 60.1 Å². The van der Waals surface area contributed by atoms with Crippen molar-refractivity contribution in [1.29, 1.82) is 0 Å². The largest absolute Gasteiger partial charge is 0.298 e. The van der Waals surface area contributed by atoms with Gasteiger partial charge in [-0.2, -0.15) is 9.78 Å². The molecule has 1 aromatic heterocycles. The van der Waals surface area contributed by atoms with E-state index in [9.17, 15) is 4.79 Å². The van der Waals surface area contributed by atoms with E-state index in [0.29, 0.717) is 11.0 Å². The van der Waals surface area contributed by atoms with E-state index in [2.05, 4.69) is 15.3 Å². The number of hydrogen-bond acceptors (Lipinski definition) is 5. The van der Waals surface area contributed by atoms with Gasteiger partial charge in [-0.3, -0.25) is 4.79 Å². The van der Waals surface area contributed by atoms with E-state index in [4.69, 9.17) is 0 Å².